The first-order chi connectivity index (χ1) is 16.1. The highest BCUT2D eigenvalue weighted by Gasteiger charge is 2.24. The number of carbonyl (C=O) groups is 1. The van der Waals surface area contributed by atoms with Gasteiger partial charge in [-0.25, -0.2) is 9.97 Å². The monoisotopic (exact) mass is 443 g/mol. The zero-order valence-corrected chi connectivity index (χ0v) is 18.6. The maximum Gasteiger partial charge on any atom is 0.244 e. The number of nitrogens with zero attached hydrogens (tertiary/aromatic N) is 7. The first-order valence-corrected chi connectivity index (χ1v) is 10.9. The van der Waals surface area contributed by atoms with Gasteiger partial charge in [-0.2, -0.15) is 10.2 Å². The predicted molar refractivity (Wildman–Crippen MR) is 123 cm³/mol. The summed E-state index contributed by atoms with van der Waals surface area (Å²) in [5, 5.41) is 8.59. The molecule has 9 nitrogen and oxygen atoms in total. The minimum absolute atomic E-state index is 0.0422. The molecule has 1 aliphatic rings. The van der Waals surface area contributed by atoms with Crippen LogP contribution < -0.4 is 0 Å². The Morgan fingerprint density at radius 3 is 2.52 bits per heavy atom. The van der Waals surface area contributed by atoms with Crippen LogP contribution in [0.15, 0.2) is 61.4 Å². The van der Waals surface area contributed by atoms with Gasteiger partial charge in [-0.3, -0.25) is 14.2 Å². The molecule has 1 amide bonds. The smallest absolute Gasteiger partial charge is 0.244 e. The standard InChI is InChI=1S/C24H25N7O2/c1-17-16-33-7-6-31(17)23(32)15-30-14-22(12-28-30)20-9-25-24(26-10-20)19-5-3-4-18(8-19)21-11-27-29(2)13-21/h3-5,8-14,17H,6-7,15-16H2,1-2H3. The van der Waals surface area contributed by atoms with Crippen LogP contribution in [0, 0.1) is 0 Å². The third-order valence-corrected chi connectivity index (χ3v) is 5.76. The molecule has 1 atom stereocenters. The largest absolute Gasteiger partial charge is 0.377 e. The van der Waals surface area contributed by atoms with E-state index >= 15 is 0 Å². The molecule has 4 heterocycles. The Bertz CT molecular complexity index is 1260. The number of amides is 1. The van der Waals surface area contributed by atoms with Gasteiger partial charge in [0.15, 0.2) is 5.82 Å². The van der Waals surface area contributed by atoms with E-state index in [0.717, 1.165) is 27.8 Å². The molecule has 1 unspecified atom stereocenters. The second-order valence-corrected chi connectivity index (χ2v) is 8.22. The molecule has 0 N–H and O–H groups in total. The van der Waals surface area contributed by atoms with Crippen molar-refractivity contribution in [3.05, 3.63) is 61.4 Å². The Hall–Kier alpha value is -3.85. The number of aryl methyl sites for hydroxylation is 1. The molecule has 0 radical (unpaired) electrons. The predicted octanol–water partition coefficient (Wildman–Crippen LogP) is 2.65. The van der Waals surface area contributed by atoms with E-state index in [9.17, 15) is 4.79 Å². The summed E-state index contributed by atoms with van der Waals surface area (Å²) < 4.78 is 8.85. The Morgan fingerprint density at radius 1 is 1.00 bits per heavy atom. The fourth-order valence-electron chi connectivity index (χ4n) is 3.96. The summed E-state index contributed by atoms with van der Waals surface area (Å²) in [6.07, 6.45) is 11.0. The zero-order chi connectivity index (χ0) is 22.8. The molecule has 1 aliphatic heterocycles. The van der Waals surface area contributed by atoms with Crippen molar-refractivity contribution in [2.24, 2.45) is 7.05 Å². The van der Waals surface area contributed by atoms with Gasteiger partial charge >= 0.3 is 0 Å². The molecule has 3 aromatic heterocycles. The van der Waals surface area contributed by atoms with Crippen molar-refractivity contribution in [1.29, 1.82) is 0 Å². The van der Waals surface area contributed by atoms with E-state index in [0.29, 0.717) is 25.6 Å². The summed E-state index contributed by atoms with van der Waals surface area (Å²) in [7, 11) is 1.90. The van der Waals surface area contributed by atoms with Gasteiger partial charge < -0.3 is 9.64 Å². The third kappa shape index (κ3) is 4.54. The fraction of sp³-hybridized carbons (Fsp3) is 0.292. The summed E-state index contributed by atoms with van der Waals surface area (Å²) in [5.74, 6) is 0.689. The number of hydrogen-bond acceptors (Lipinski definition) is 6. The number of morpholine rings is 1. The van der Waals surface area contributed by atoms with Crippen LogP contribution in [-0.4, -0.2) is 66.1 Å². The molecule has 5 rings (SSSR count). The van der Waals surface area contributed by atoms with Gasteiger partial charge in [0.25, 0.3) is 0 Å². The molecule has 0 saturated carbocycles. The summed E-state index contributed by atoms with van der Waals surface area (Å²) in [6, 6.07) is 8.17. The van der Waals surface area contributed by atoms with Crippen molar-refractivity contribution in [3.63, 3.8) is 0 Å². The minimum Gasteiger partial charge on any atom is -0.377 e. The highest BCUT2D eigenvalue weighted by atomic mass is 16.5. The first-order valence-electron chi connectivity index (χ1n) is 10.9. The molecule has 0 aliphatic carbocycles. The molecule has 168 valence electrons. The van der Waals surface area contributed by atoms with E-state index in [2.05, 4.69) is 26.2 Å². The van der Waals surface area contributed by atoms with E-state index < -0.39 is 0 Å². The van der Waals surface area contributed by atoms with Crippen molar-refractivity contribution in [2.45, 2.75) is 19.5 Å². The molecule has 1 aromatic carbocycles. The van der Waals surface area contributed by atoms with Gasteiger partial charge in [0, 0.05) is 60.6 Å². The van der Waals surface area contributed by atoms with E-state index in [1.165, 1.54) is 0 Å². The molecule has 0 bridgehead atoms. The van der Waals surface area contributed by atoms with Crippen molar-refractivity contribution in [3.8, 4) is 33.6 Å². The van der Waals surface area contributed by atoms with Crippen molar-refractivity contribution >= 4 is 5.91 Å². The van der Waals surface area contributed by atoms with Crippen molar-refractivity contribution in [2.75, 3.05) is 19.8 Å². The Balaban J connectivity index is 1.29. The topological polar surface area (TPSA) is 91.0 Å². The van der Waals surface area contributed by atoms with E-state index in [1.807, 2.05) is 55.7 Å². The summed E-state index contributed by atoms with van der Waals surface area (Å²) in [6.45, 7) is 3.97. The van der Waals surface area contributed by atoms with E-state index in [-0.39, 0.29) is 18.5 Å². The van der Waals surface area contributed by atoms with Gasteiger partial charge in [-0.05, 0) is 18.6 Å². The van der Waals surface area contributed by atoms with Crippen molar-refractivity contribution in [1.82, 2.24) is 34.4 Å². The normalized spacial score (nSPS) is 16.2. The average Bonchev–Trinajstić information content (AvgIpc) is 3.49. The zero-order valence-electron chi connectivity index (χ0n) is 18.6. The van der Waals surface area contributed by atoms with Crippen LogP contribution in [0.1, 0.15) is 6.92 Å². The second kappa shape index (κ2) is 8.95. The van der Waals surface area contributed by atoms with Crippen LogP contribution in [0.5, 0.6) is 0 Å². The summed E-state index contributed by atoms with van der Waals surface area (Å²) >= 11 is 0. The number of hydrogen-bond donors (Lipinski definition) is 0. The van der Waals surface area contributed by atoms with Crippen LogP contribution in [0.4, 0.5) is 0 Å². The number of aromatic nitrogens is 6. The number of rotatable bonds is 5. The lowest BCUT2D eigenvalue weighted by Gasteiger charge is -2.33. The Morgan fingerprint density at radius 2 is 1.76 bits per heavy atom. The SMILES string of the molecule is CC1COCCN1C(=O)Cn1cc(-c2cnc(-c3cccc(-c4cnn(C)c4)c3)nc2)cn1. The van der Waals surface area contributed by atoms with Gasteiger partial charge in [0.1, 0.15) is 6.54 Å². The maximum absolute atomic E-state index is 12.6. The fourth-order valence-corrected chi connectivity index (χ4v) is 3.96. The van der Waals surface area contributed by atoms with Gasteiger partial charge in [-0.15, -0.1) is 0 Å². The Kier molecular flexibility index (Phi) is 5.70. The molecular formula is C24H25N7O2. The van der Waals surface area contributed by atoms with E-state index in [4.69, 9.17) is 4.74 Å². The molecule has 33 heavy (non-hydrogen) atoms. The molecule has 9 heteroatoms. The van der Waals surface area contributed by atoms with Crippen molar-refractivity contribution < 1.29 is 9.53 Å². The van der Waals surface area contributed by atoms with Crippen LogP contribution >= 0.6 is 0 Å². The van der Waals surface area contributed by atoms with E-state index in [1.54, 1.807) is 28.0 Å². The van der Waals surface area contributed by atoms with Crippen LogP contribution in [0.25, 0.3) is 33.6 Å². The van der Waals surface area contributed by atoms with Gasteiger partial charge in [0.2, 0.25) is 5.91 Å². The lowest BCUT2D eigenvalue weighted by atomic mass is 10.1. The van der Waals surface area contributed by atoms with Crippen LogP contribution in [0.3, 0.4) is 0 Å². The lowest BCUT2D eigenvalue weighted by Crippen LogP contribution is -2.48. The number of ether oxygens (including phenoxy) is 1. The molecule has 1 fully saturated rings. The number of carbonyl (C=O) groups excluding carboxylic acids is 1. The highest BCUT2D eigenvalue weighted by molar-refractivity contribution is 5.76. The Labute approximate surface area is 191 Å². The second-order valence-electron chi connectivity index (χ2n) is 8.22. The van der Waals surface area contributed by atoms with Crippen LogP contribution in [0.2, 0.25) is 0 Å². The maximum atomic E-state index is 12.6. The minimum atomic E-state index is 0.0422. The van der Waals surface area contributed by atoms with Gasteiger partial charge in [-0.1, -0.05) is 18.2 Å². The highest BCUT2D eigenvalue weighted by Crippen LogP contribution is 2.25. The number of benzene rings is 1. The first kappa shape index (κ1) is 21.0. The molecular weight excluding hydrogens is 418 g/mol. The average molecular weight is 444 g/mol. The van der Waals surface area contributed by atoms with Crippen LogP contribution in [-0.2, 0) is 23.1 Å². The van der Waals surface area contributed by atoms with Gasteiger partial charge in [0.05, 0.1) is 31.6 Å². The molecule has 1 saturated heterocycles. The third-order valence-electron chi connectivity index (χ3n) is 5.76. The summed E-state index contributed by atoms with van der Waals surface area (Å²) in [5.41, 5.74) is 4.76. The molecule has 4 aromatic rings. The molecule has 0 spiro atoms. The lowest BCUT2D eigenvalue weighted by molar-refractivity contribution is -0.139. The summed E-state index contributed by atoms with van der Waals surface area (Å²) in [4.78, 5) is 23.6. The quantitative estimate of drug-likeness (QED) is 0.471.